The van der Waals surface area contributed by atoms with E-state index in [1.54, 1.807) is 17.0 Å². The molecule has 0 spiro atoms. The van der Waals surface area contributed by atoms with E-state index in [1.165, 1.54) is 12.1 Å². The second-order valence-electron chi connectivity index (χ2n) is 10.1. The highest BCUT2D eigenvalue weighted by atomic mass is 19.4. The van der Waals surface area contributed by atoms with Gasteiger partial charge >= 0.3 is 12.1 Å². The summed E-state index contributed by atoms with van der Waals surface area (Å²) < 4.78 is 44.7. The van der Waals surface area contributed by atoms with Crippen molar-refractivity contribution in [3.05, 3.63) is 101 Å². The molecule has 42 heavy (non-hydrogen) atoms. The number of nitrogens with zero attached hydrogens (tertiary/aromatic N) is 5. The van der Waals surface area contributed by atoms with Crippen LogP contribution < -0.4 is 5.32 Å². The Morgan fingerprint density at radius 1 is 0.976 bits per heavy atom. The molecule has 1 aliphatic rings. The van der Waals surface area contributed by atoms with Crippen LogP contribution in [-0.4, -0.2) is 49.3 Å². The van der Waals surface area contributed by atoms with Crippen molar-refractivity contribution >= 4 is 23.1 Å². The molecule has 3 aromatic heterocycles. The Bertz CT molecular complexity index is 1770. The van der Waals surface area contributed by atoms with Crippen LogP contribution in [0.4, 0.5) is 18.9 Å². The fourth-order valence-corrected chi connectivity index (χ4v) is 5.21. The number of aryl methyl sites for hydroxylation is 1. The number of nitrogens with one attached hydrogen (secondary N) is 1. The Hall–Kier alpha value is -5.00. The molecule has 0 saturated carbocycles. The molecule has 1 saturated heterocycles. The van der Waals surface area contributed by atoms with Crippen LogP contribution in [0.25, 0.3) is 17.0 Å². The second-order valence-corrected chi connectivity index (χ2v) is 10.1. The van der Waals surface area contributed by atoms with Crippen LogP contribution >= 0.6 is 0 Å². The van der Waals surface area contributed by atoms with Crippen LogP contribution in [0.2, 0.25) is 0 Å². The number of carbonyl (C=O) groups excluding carboxylic acids is 2. The first kappa shape index (κ1) is 27.2. The van der Waals surface area contributed by atoms with Crippen LogP contribution in [0.3, 0.4) is 0 Å². The monoisotopic (exact) mass is 574 g/mol. The zero-order valence-electron chi connectivity index (χ0n) is 22.4. The molecule has 214 valence electrons. The minimum Gasteiger partial charge on any atom is -0.339 e. The molecule has 0 radical (unpaired) electrons. The summed E-state index contributed by atoms with van der Waals surface area (Å²) >= 11 is 0. The first-order valence-electron chi connectivity index (χ1n) is 13.3. The van der Waals surface area contributed by atoms with E-state index in [1.807, 2.05) is 60.0 Å². The first-order chi connectivity index (χ1) is 20.2. The SMILES string of the molecule is Cc1c(C(=O)Nc2ccc(C3CCN(C(=O)c4cccc(-c5noc(C(F)(F)F)n5)c4)CC3)cc2)nc2ccccn12. The number of piperidine rings is 1. The van der Waals surface area contributed by atoms with Gasteiger partial charge in [0.05, 0.1) is 5.69 Å². The van der Waals surface area contributed by atoms with Crippen molar-refractivity contribution < 1.29 is 27.3 Å². The Morgan fingerprint density at radius 3 is 2.43 bits per heavy atom. The predicted octanol–water partition coefficient (Wildman–Crippen LogP) is 5.98. The number of benzene rings is 2. The van der Waals surface area contributed by atoms with E-state index in [0.717, 1.165) is 24.1 Å². The Kier molecular flexibility index (Phi) is 6.97. The van der Waals surface area contributed by atoms with Crippen molar-refractivity contribution in [1.82, 2.24) is 24.4 Å². The molecule has 0 atom stereocenters. The number of alkyl halides is 3. The molecule has 1 aliphatic heterocycles. The average molecular weight is 575 g/mol. The maximum Gasteiger partial charge on any atom is 0.471 e. The smallest absolute Gasteiger partial charge is 0.339 e. The van der Waals surface area contributed by atoms with Crippen LogP contribution in [-0.2, 0) is 6.18 Å². The van der Waals surface area contributed by atoms with Crippen molar-refractivity contribution in [3.8, 4) is 11.4 Å². The van der Waals surface area contributed by atoms with Crippen LogP contribution in [0.5, 0.6) is 0 Å². The highest BCUT2D eigenvalue weighted by Crippen LogP contribution is 2.31. The average Bonchev–Trinajstić information content (AvgIpc) is 3.64. The highest BCUT2D eigenvalue weighted by molar-refractivity contribution is 6.04. The van der Waals surface area contributed by atoms with Crippen LogP contribution in [0, 0.1) is 6.92 Å². The lowest BCUT2D eigenvalue weighted by Crippen LogP contribution is -2.37. The third-order valence-electron chi connectivity index (χ3n) is 7.44. The topological polar surface area (TPSA) is 106 Å². The van der Waals surface area contributed by atoms with Gasteiger partial charge in [-0.05, 0) is 67.6 Å². The van der Waals surface area contributed by atoms with E-state index in [4.69, 9.17) is 0 Å². The van der Waals surface area contributed by atoms with E-state index in [2.05, 4.69) is 25.0 Å². The van der Waals surface area contributed by atoms with Crippen molar-refractivity contribution in [2.75, 3.05) is 18.4 Å². The van der Waals surface area contributed by atoms with E-state index < -0.39 is 12.1 Å². The summed E-state index contributed by atoms with van der Waals surface area (Å²) in [5.41, 5.74) is 4.22. The molecule has 1 fully saturated rings. The molecule has 4 heterocycles. The van der Waals surface area contributed by atoms with Gasteiger partial charge in [0.2, 0.25) is 5.82 Å². The molecule has 5 aromatic rings. The number of hydrogen-bond acceptors (Lipinski definition) is 6. The summed E-state index contributed by atoms with van der Waals surface area (Å²) in [5.74, 6) is -1.92. The minimum atomic E-state index is -4.74. The Labute approximate surface area is 238 Å². The van der Waals surface area contributed by atoms with Gasteiger partial charge < -0.3 is 19.1 Å². The Balaban J connectivity index is 1.06. The molecule has 0 aliphatic carbocycles. The van der Waals surface area contributed by atoms with Gasteiger partial charge in [-0.15, -0.1) is 0 Å². The molecule has 0 unspecified atom stereocenters. The standard InChI is InChI=1S/C30H25F3N6O3/c1-18-25(35-24-7-2-3-14-39(18)24)27(40)34-23-10-8-19(9-11-23)20-12-15-38(16-13-20)28(41)22-6-4-5-21(17-22)26-36-29(42-37-26)30(31,32)33/h2-11,14,17,20H,12-13,15-16H2,1H3,(H,34,40). The fourth-order valence-electron chi connectivity index (χ4n) is 5.21. The number of amides is 2. The number of imidazole rings is 1. The van der Waals surface area contributed by atoms with Crippen LogP contribution in [0.1, 0.15) is 56.8 Å². The van der Waals surface area contributed by atoms with Gasteiger partial charge in [-0.2, -0.15) is 18.2 Å². The molecule has 6 rings (SSSR count). The zero-order chi connectivity index (χ0) is 29.4. The summed E-state index contributed by atoms with van der Waals surface area (Å²) in [6, 6.07) is 19.5. The van der Waals surface area contributed by atoms with Crippen molar-refractivity contribution in [2.45, 2.75) is 31.9 Å². The van der Waals surface area contributed by atoms with Crippen molar-refractivity contribution in [1.29, 1.82) is 0 Å². The van der Waals surface area contributed by atoms with Gasteiger partial charge in [0.1, 0.15) is 11.3 Å². The summed E-state index contributed by atoms with van der Waals surface area (Å²) in [7, 11) is 0. The van der Waals surface area contributed by atoms with Crippen molar-refractivity contribution in [2.24, 2.45) is 0 Å². The normalized spacial score (nSPS) is 14.3. The quantitative estimate of drug-likeness (QED) is 0.277. The maximum absolute atomic E-state index is 13.2. The number of fused-ring (bicyclic) bond motifs is 1. The summed E-state index contributed by atoms with van der Waals surface area (Å²) in [6.45, 7) is 2.91. The number of pyridine rings is 1. The lowest BCUT2D eigenvalue weighted by molar-refractivity contribution is -0.159. The van der Waals surface area contributed by atoms with E-state index in [0.29, 0.717) is 35.7 Å². The molecule has 1 N–H and O–H groups in total. The molecule has 0 bridgehead atoms. The van der Waals surface area contributed by atoms with Gasteiger partial charge in [0.25, 0.3) is 11.8 Å². The van der Waals surface area contributed by atoms with Gasteiger partial charge in [-0.25, -0.2) is 4.98 Å². The first-order valence-corrected chi connectivity index (χ1v) is 13.3. The lowest BCUT2D eigenvalue weighted by Gasteiger charge is -2.32. The fraction of sp³-hybridized carbons (Fsp3) is 0.233. The Morgan fingerprint density at radius 2 is 1.74 bits per heavy atom. The van der Waals surface area contributed by atoms with E-state index in [-0.39, 0.29) is 29.1 Å². The van der Waals surface area contributed by atoms with Gasteiger partial charge in [0, 0.05) is 36.1 Å². The van der Waals surface area contributed by atoms with E-state index >= 15 is 0 Å². The van der Waals surface area contributed by atoms with Crippen molar-refractivity contribution in [3.63, 3.8) is 0 Å². The molecule has 12 heteroatoms. The molecule has 9 nitrogen and oxygen atoms in total. The largest absolute Gasteiger partial charge is 0.471 e. The van der Waals surface area contributed by atoms with Gasteiger partial charge in [0.15, 0.2) is 0 Å². The number of rotatable bonds is 5. The summed E-state index contributed by atoms with van der Waals surface area (Å²) in [5, 5.41) is 6.32. The number of likely N-dealkylation sites (tertiary alicyclic amines) is 1. The third-order valence-corrected chi connectivity index (χ3v) is 7.44. The predicted molar refractivity (Wildman–Crippen MR) is 147 cm³/mol. The lowest BCUT2D eigenvalue weighted by atomic mass is 9.89. The number of anilines is 1. The third kappa shape index (κ3) is 5.35. The number of aromatic nitrogens is 4. The molecular weight excluding hydrogens is 549 g/mol. The molecule has 2 amide bonds. The zero-order valence-corrected chi connectivity index (χ0v) is 22.4. The van der Waals surface area contributed by atoms with Gasteiger partial charge in [-0.3, -0.25) is 9.59 Å². The molecule has 2 aromatic carbocycles. The second kappa shape index (κ2) is 10.8. The summed E-state index contributed by atoms with van der Waals surface area (Å²) in [4.78, 5) is 35.6. The molecular formula is C30H25F3N6O3. The van der Waals surface area contributed by atoms with Gasteiger partial charge in [-0.1, -0.05) is 35.5 Å². The number of hydrogen-bond donors (Lipinski definition) is 1. The van der Waals surface area contributed by atoms with E-state index in [9.17, 15) is 22.8 Å². The summed E-state index contributed by atoms with van der Waals surface area (Å²) in [6.07, 6.45) is -1.38. The minimum absolute atomic E-state index is 0.213. The highest BCUT2D eigenvalue weighted by Gasteiger charge is 2.38. The number of halogens is 3. The number of carbonyl (C=O) groups is 2. The maximum atomic E-state index is 13.2. The van der Waals surface area contributed by atoms with Crippen LogP contribution in [0.15, 0.2) is 77.4 Å².